The molecule has 5 rings (SSSR count). The Balaban J connectivity index is 1.50. The van der Waals surface area contributed by atoms with Gasteiger partial charge in [-0.25, -0.2) is 4.79 Å². The lowest BCUT2D eigenvalue weighted by Crippen LogP contribution is -2.65. The number of carbonyl (C=O) groups excluding carboxylic acids is 1. The van der Waals surface area contributed by atoms with Gasteiger partial charge in [-0.2, -0.15) is 0 Å². The molecule has 1 saturated heterocycles. The van der Waals surface area contributed by atoms with Crippen molar-refractivity contribution in [2.45, 2.75) is 83.4 Å². The van der Waals surface area contributed by atoms with E-state index in [-0.39, 0.29) is 17.1 Å². The highest BCUT2D eigenvalue weighted by molar-refractivity contribution is 6.60. The number of methoxy groups -OCH3 is 1. The molecule has 0 radical (unpaired) electrons. The van der Waals surface area contributed by atoms with E-state index in [0.29, 0.717) is 29.6 Å². The maximum Gasteiger partial charge on any atom is 0.477 e. The van der Waals surface area contributed by atoms with Gasteiger partial charge in [-0.05, 0) is 75.8 Å². The van der Waals surface area contributed by atoms with Crippen LogP contribution < -0.4 is 4.74 Å². The average molecular weight is 449 g/mol. The van der Waals surface area contributed by atoms with E-state index in [1.54, 1.807) is 13.2 Å². The van der Waals surface area contributed by atoms with E-state index in [4.69, 9.17) is 30.4 Å². The largest absolute Gasteiger partial charge is 0.496 e. The average Bonchev–Trinajstić information content (AvgIpc) is 3.03. The fraction of sp³-hybridized carbons (Fsp3) is 0.708. The second-order valence-electron chi connectivity index (χ2n) is 11.1. The quantitative estimate of drug-likeness (QED) is 0.358. The Morgan fingerprint density at radius 3 is 2.61 bits per heavy atom. The summed E-state index contributed by atoms with van der Waals surface area (Å²) in [6.07, 6.45) is 2.78. The fourth-order valence-electron chi connectivity index (χ4n) is 5.84. The minimum atomic E-state index is -0.584. The summed E-state index contributed by atoms with van der Waals surface area (Å²) in [6, 6.07) is 5.47. The second-order valence-corrected chi connectivity index (χ2v) is 11.6. The molecular weight excluding hydrogens is 415 g/mol. The Morgan fingerprint density at radius 2 is 2.00 bits per heavy atom. The first-order valence-corrected chi connectivity index (χ1v) is 11.7. The maximum atomic E-state index is 12.7. The van der Waals surface area contributed by atoms with Crippen LogP contribution >= 0.6 is 11.6 Å². The normalized spacial score (nSPS) is 32.1. The van der Waals surface area contributed by atoms with E-state index >= 15 is 0 Å². The molecule has 5 nitrogen and oxygen atoms in total. The molecule has 0 spiro atoms. The number of rotatable bonds is 5. The lowest BCUT2D eigenvalue weighted by atomic mass is 9.43. The number of para-hydroxylation sites is 1. The van der Waals surface area contributed by atoms with Crippen molar-refractivity contribution < 1.29 is 23.6 Å². The Hall–Kier alpha value is -1.24. The van der Waals surface area contributed by atoms with Crippen molar-refractivity contribution in [1.82, 2.24) is 0 Å². The van der Waals surface area contributed by atoms with Gasteiger partial charge in [-0.15, -0.1) is 11.6 Å². The number of carbonyl (C=O) groups is 1. The van der Waals surface area contributed by atoms with Crippen LogP contribution in [0.15, 0.2) is 18.2 Å². The van der Waals surface area contributed by atoms with Gasteiger partial charge in [-0.1, -0.05) is 26.0 Å². The molecule has 4 aliphatic rings. The number of ether oxygens (including phenoxy) is 2. The molecule has 5 unspecified atom stereocenters. The number of halogens is 1. The molecule has 4 fully saturated rings. The Labute approximate surface area is 191 Å². The van der Waals surface area contributed by atoms with Gasteiger partial charge in [0.25, 0.3) is 0 Å². The van der Waals surface area contributed by atoms with E-state index in [2.05, 4.69) is 20.8 Å². The molecule has 1 heterocycles. The van der Waals surface area contributed by atoms with Crippen LogP contribution in [0.25, 0.3) is 0 Å². The van der Waals surface area contributed by atoms with Crippen LogP contribution in [-0.4, -0.2) is 42.8 Å². The van der Waals surface area contributed by atoms with E-state index in [1.165, 1.54) is 6.42 Å². The summed E-state index contributed by atoms with van der Waals surface area (Å²) in [6.45, 7) is 12.4. The third kappa shape index (κ3) is 3.89. The lowest BCUT2D eigenvalue weighted by Gasteiger charge is -2.64. The minimum Gasteiger partial charge on any atom is -0.496 e. The van der Waals surface area contributed by atoms with Crippen molar-refractivity contribution in [2.75, 3.05) is 7.11 Å². The zero-order valence-corrected chi connectivity index (χ0v) is 20.4. The van der Waals surface area contributed by atoms with Crippen molar-refractivity contribution in [3.63, 3.8) is 0 Å². The van der Waals surface area contributed by atoms with E-state index in [0.717, 1.165) is 12.0 Å². The summed E-state index contributed by atoms with van der Waals surface area (Å²) < 4.78 is 24.0. The predicted octanol–water partition coefficient (Wildman–Crippen LogP) is 5.07. The van der Waals surface area contributed by atoms with Gasteiger partial charge >= 0.3 is 13.1 Å². The van der Waals surface area contributed by atoms with Gasteiger partial charge < -0.3 is 18.8 Å². The Bertz CT molecular complexity index is 866. The number of benzene rings is 1. The summed E-state index contributed by atoms with van der Waals surface area (Å²) >= 11 is 6.83. The molecule has 1 aromatic carbocycles. The van der Waals surface area contributed by atoms with Gasteiger partial charge in [-0.3, -0.25) is 0 Å². The van der Waals surface area contributed by atoms with Gasteiger partial charge in [0.15, 0.2) is 0 Å². The molecule has 7 heteroatoms. The first-order chi connectivity index (χ1) is 14.4. The zero-order chi connectivity index (χ0) is 22.8. The molecule has 2 bridgehead atoms. The highest BCUT2D eigenvalue weighted by atomic mass is 35.5. The first kappa shape index (κ1) is 22.9. The zero-order valence-electron chi connectivity index (χ0n) is 19.7. The molecule has 0 aromatic heterocycles. The molecule has 31 heavy (non-hydrogen) atoms. The predicted molar refractivity (Wildman–Crippen MR) is 122 cm³/mol. The molecule has 3 aliphatic carbocycles. The van der Waals surface area contributed by atoms with Crippen molar-refractivity contribution in [2.24, 2.45) is 17.3 Å². The van der Waals surface area contributed by atoms with Crippen LogP contribution in [0, 0.1) is 17.3 Å². The van der Waals surface area contributed by atoms with Crippen molar-refractivity contribution in [3.05, 3.63) is 29.3 Å². The van der Waals surface area contributed by atoms with Gasteiger partial charge in [0.1, 0.15) is 16.9 Å². The topological polar surface area (TPSA) is 54.0 Å². The van der Waals surface area contributed by atoms with Crippen molar-refractivity contribution >= 4 is 24.7 Å². The van der Waals surface area contributed by atoms with Crippen LogP contribution in [0.5, 0.6) is 5.75 Å². The SMILES string of the molecule is COc1c(CC(Cl)B2OC3CC4CC(C4(C)C)C3(C)O2)cccc1C(=O)OC(C)(C)C. The molecule has 0 amide bonds. The molecule has 1 aliphatic heterocycles. The van der Waals surface area contributed by atoms with Gasteiger partial charge in [0.2, 0.25) is 0 Å². The Kier molecular flexibility index (Phi) is 5.68. The summed E-state index contributed by atoms with van der Waals surface area (Å²) in [4.78, 5) is 12.7. The second kappa shape index (κ2) is 7.67. The summed E-state index contributed by atoms with van der Waals surface area (Å²) in [5.41, 5.74) is 0.645. The fourth-order valence-corrected chi connectivity index (χ4v) is 6.12. The maximum absolute atomic E-state index is 12.7. The third-order valence-corrected chi connectivity index (χ3v) is 7.96. The van der Waals surface area contributed by atoms with Crippen LogP contribution in [-0.2, 0) is 20.5 Å². The van der Waals surface area contributed by atoms with E-state index < -0.39 is 24.0 Å². The summed E-state index contributed by atoms with van der Waals surface area (Å²) in [5.74, 6) is 1.26. The van der Waals surface area contributed by atoms with Crippen LogP contribution in [0.1, 0.15) is 70.3 Å². The van der Waals surface area contributed by atoms with E-state index in [1.807, 2.05) is 32.9 Å². The summed E-state index contributed by atoms with van der Waals surface area (Å²) in [5, 5.41) is -0.398. The smallest absolute Gasteiger partial charge is 0.477 e. The van der Waals surface area contributed by atoms with E-state index in [9.17, 15) is 4.79 Å². The minimum absolute atomic E-state index is 0.0884. The lowest BCUT2D eigenvalue weighted by molar-refractivity contribution is -0.199. The van der Waals surface area contributed by atoms with Crippen LogP contribution in [0.2, 0.25) is 0 Å². The molecule has 0 N–H and O–H groups in total. The van der Waals surface area contributed by atoms with Crippen molar-refractivity contribution in [1.29, 1.82) is 0 Å². The van der Waals surface area contributed by atoms with Gasteiger partial charge in [0.05, 0.1) is 24.1 Å². The first-order valence-electron chi connectivity index (χ1n) is 11.2. The summed E-state index contributed by atoms with van der Waals surface area (Å²) in [7, 11) is 1.07. The molecule has 170 valence electrons. The third-order valence-electron chi connectivity index (χ3n) is 7.60. The number of esters is 1. The van der Waals surface area contributed by atoms with Crippen molar-refractivity contribution in [3.8, 4) is 5.75 Å². The highest BCUT2D eigenvalue weighted by Gasteiger charge is 2.68. The number of alkyl halides is 1. The Morgan fingerprint density at radius 1 is 1.29 bits per heavy atom. The monoisotopic (exact) mass is 448 g/mol. The highest BCUT2D eigenvalue weighted by Crippen LogP contribution is 2.65. The molecule has 3 saturated carbocycles. The molecule has 1 aromatic rings. The molecule has 5 atom stereocenters. The number of hydrogen-bond acceptors (Lipinski definition) is 5. The van der Waals surface area contributed by atoms with Crippen LogP contribution in [0.4, 0.5) is 0 Å². The molecular formula is C24H34BClO5. The van der Waals surface area contributed by atoms with Crippen LogP contribution in [0.3, 0.4) is 0 Å². The standard InChI is InChI=1S/C24H34BClO5/c1-22(2,3)29-21(27)16-10-8-9-14(20(16)28-7)11-19(26)25-30-18-13-15-12-17(23(15,4)5)24(18,6)31-25/h8-10,15,17-19H,11-13H2,1-7H3. The van der Waals surface area contributed by atoms with Gasteiger partial charge in [0, 0.05) is 0 Å². The number of hydrogen-bond donors (Lipinski definition) is 0.